The standard InChI is InChI=1S/C24H21BrCl2N2O3S/c1-31-22-13-17(14-28-29-23(30)9-10-33-18-5-3-2-4-6-18)11-19(25)24(22)32-15-16-7-8-20(26)21(27)12-16/h2-8,11-14H,9-10,15H2,1H3,(H,29,30)/b28-14-. The van der Waals surface area contributed by atoms with E-state index < -0.39 is 0 Å². The maximum Gasteiger partial charge on any atom is 0.240 e. The average Bonchev–Trinajstić information content (AvgIpc) is 2.81. The van der Waals surface area contributed by atoms with Crippen LogP contribution in [0.1, 0.15) is 17.5 Å². The molecule has 3 aromatic carbocycles. The fourth-order valence-corrected chi connectivity index (χ4v) is 4.52. The van der Waals surface area contributed by atoms with Crippen molar-refractivity contribution in [3.8, 4) is 11.5 Å². The van der Waals surface area contributed by atoms with E-state index in [0.29, 0.717) is 38.2 Å². The summed E-state index contributed by atoms with van der Waals surface area (Å²) in [6, 6.07) is 18.9. The van der Waals surface area contributed by atoms with Gasteiger partial charge in [0.1, 0.15) is 6.61 Å². The zero-order valence-electron chi connectivity index (χ0n) is 17.7. The summed E-state index contributed by atoms with van der Waals surface area (Å²) in [5, 5.41) is 5.01. The maximum atomic E-state index is 12.0. The van der Waals surface area contributed by atoms with Crippen molar-refractivity contribution >= 4 is 63.0 Å². The van der Waals surface area contributed by atoms with Crippen LogP contribution in [-0.2, 0) is 11.4 Å². The molecule has 0 fully saturated rings. The first-order chi connectivity index (χ1) is 16.0. The predicted molar refractivity (Wildman–Crippen MR) is 139 cm³/mol. The van der Waals surface area contributed by atoms with Crippen LogP contribution in [0.2, 0.25) is 10.0 Å². The van der Waals surface area contributed by atoms with Crippen molar-refractivity contribution in [1.29, 1.82) is 0 Å². The molecule has 0 radical (unpaired) electrons. The summed E-state index contributed by atoms with van der Waals surface area (Å²) < 4.78 is 12.1. The summed E-state index contributed by atoms with van der Waals surface area (Å²) in [4.78, 5) is 13.2. The minimum Gasteiger partial charge on any atom is -0.493 e. The smallest absolute Gasteiger partial charge is 0.240 e. The van der Waals surface area contributed by atoms with Crippen LogP contribution in [0, 0.1) is 0 Å². The third-order valence-corrected chi connectivity index (χ3v) is 6.70. The maximum absolute atomic E-state index is 12.0. The molecule has 0 saturated carbocycles. The summed E-state index contributed by atoms with van der Waals surface area (Å²) in [6.07, 6.45) is 1.92. The normalized spacial score (nSPS) is 10.9. The third-order valence-electron chi connectivity index (χ3n) is 4.36. The number of nitrogens with one attached hydrogen (secondary N) is 1. The Morgan fingerprint density at radius 2 is 1.91 bits per heavy atom. The number of ether oxygens (including phenoxy) is 2. The number of halogens is 3. The number of hydrazone groups is 1. The lowest BCUT2D eigenvalue weighted by Gasteiger charge is -2.14. The van der Waals surface area contributed by atoms with Gasteiger partial charge in [-0.05, 0) is 63.5 Å². The Bertz CT molecular complexity index is 1130. The van der Waals surface area contributed by atoms with Crippen LogP contribution in [0.5, 0.6) is 11.5 Å². The SMILES string of the molecule is COc1cc(/C=N\NC(=O)CCSc2ccccc2)cc(Br)c1OCc1ccc(Cl)c(Cl)c1. The quantitative estimate of drug-likeness (QED) is 0.163. The highest BCUT2D eigenvalue weighted by molar-refractivity contribution is 9.10. The van der Waals surface area contributed by atoms with Crippen molar-refractivity contribution < 1.29 is 14.3 Å². The lowest BCUT2D eigenvalue weighted by molar-refractivity contribution is -0.120. The van der Waals surface area contributed by atoms with Crippen LogP contribution in [0.15, 0.2) is 75.1 Å². The summed E-state index contributed by atoms with van der Waals surface area (Å²) in [6.45, 7) is 0.288. The molecule has 0 aliphatic heterocycles. The van der Waals surface area contributed by atoms with Crippen LogP contribution in [0.4, 0.5) is 0 Å². The van der Waals surface area contributed by atoms with Crippen molar-refractivity contribution in [2.24, 2.45) is 5.10 Å². The molecule has 1 N–H and O–H groups in total. The molecule has 172 valence electrons. The molecule has 1 amide bonds. The first-order valence-electron chi connectivity index (χ1n) is 9.90. The molecule has 0 saturated heterocycles. The van der Waals surface area contributed by atoms with Crippen molar-refractivity contribution in [2.75, 3.05) is 12.9 Å². The molecule has 0 heterocycles. The third kappa shape index (κ3) is 7.96. The van der Waals surface area contributed by atoms with E-state index in [4.69, 9.17) is 32.7 Å². The van der Waals surface area contributed by atoms with E-state index in [2.05, 4.69) is 26.5 Å². The first-order valence-corrected chi connectivity index (χ1v) is 12.4. The fourth-order valence-electron chi connectivity index (χ4n) is 2.75. The second-order valence-corrected chi connectivity index (χ2v) is 9.61. The number of carbonyl (C=O) groups is 1. The van der Waals surface area contributed by atoms with E-state index in [0.717, 1.165) is 16.0 Å². The van der Waals surface area contributed by atoms with E-state index in [1.807, 2.05) is 42.5 Å². The van der Waals surface area contributed by atoms with Crippen molar-refractivity contribution in [1.82, 2.24) is 5.43 Å². The lowest BCUT2D eigenvalue weighted by atomic mass is 10.2. The molecule has 0 unspecified atom stereocenters. The lowest BCUT2D eigenvalue weighted by Crippen LogP contribution is -2.17. The van der Waals surface area contributed by atoms with E-state index in [9.17, 15) is 4.79 Å². The van der Waals surface area contributed by atoms with E-state index in [1.165, 1.54) is 0 Å². The minimum absolute atomic E-state index is 0.151. The molecule has 0 aliphatic carbocycles. The molecule has 33 heavy (non-hydrogen) atoms. The zero-order valence-corrected chi connectivity index (χ0v) is 21.6. The van der Waals surface area contributed by atoms with Crippen molar-refractivity contribution in [3.05, 3.63) is 86.3 Å². The Hall–Kier alpha value is -2.19. The van der Waals surface area contributed by atoms with Gasteiger partial charge in [-0.1, -0.05) is 47.5 Å². The molecule has 3 rings (SSSR count). The Balaban J connectivity index is 1.55. The van der Waals surface area contributed by atoms with Gasteiger partial charge in [0.25, 0.3) is 0 Å². The molecule has 5 nitrogen and oxygen atoms in total. The molecule has 3 aromatic rings. The number of nitrogens with zero attached hydrogens (tertiary/aromatic N) is 1. The summed E-state index contributed by atoms with van der Waals surface area (Å²) >= 11 is 17.2. The Kier molecular flexibility index (Phi) is 9.94. The molecule has 0 atom stereocenters. The van der Waals surface area contributed by atoms with E-state index in [-0.39, 0.29) is 12.5 Å². The molecule has 9 heteroatoms. The fraction of sp³-hybridized carbons (Fsp3) is 0.167. The number of thioether (sulfide) groups is 1. The molecule has 0 aliphatic rings. The molecular weight excluding hydrogens is 547 g/mol. The number of hydrogen-bond donors (Lipinski definition) is 1. The predicted octanol–water partition coefficient (Wildman–Crippen LogP) is 6.98. The van der Waals surface area contributed by atoms with Gasteiger partial charge in [-0.25, -0.2) is 5.43 Å². The summed E-state index contributed by atoms with van der Waals surface area (Å²) in [5.74, 6) is 1.59. The van der Waals surface area contributed by atoms with Crippen LogP contribution in [0.25, 0.3) is 0 Å². The van der Waals surface area contributed by atoms with Gasteiger partial charge in [0.05, 0.1) is 27.8 Å². The Morgan fingerprint density at radius 1 is 1.12 bits per heavy atom. The molecule has 0 aromatic heterocycles. The van der Waals surface area contributed by atoms with Gasteiger partial charge < -0.3 is 9.47 Å². The van der Waals surface area contributed by atoms with Gasteiger partial charge >= 0.3 is 0 Å². The zero-order chi connectivity index (χ0) is 23.6. The summed E-state index contributed by atoms with van der Waals surface area (Å²) in [5.41, 5.74) is 4.16. The number of amides is 1. The second-order valence-electron chi connectivity index (χ2n) is 6.78. The van der Waals surface area contributed by atoms with Gasteiger partial charge in [-0.2, -0.15) is 5.10 Å². The number of carbonyl (C=O) groups excluding carboxylic acids is 1. The molecule has 0 bridgehead atoms. The Morgan fingerprint density at radius 3 is 2.64 bits per heavy atom. The van der Waals surface area contributed by atoms with Crippen LogP contribution in [-0.4, -0.2) is 25.0 Å². The number of hydrogen-bond acceptors (Lipinski definition) is 5. The van der Waals surface area contributed by atoms with Crippen LogP contribution >= 0.6 is 50.9 Å². The number of methoxy groups -OCH3 is 1. The minimum atomic E-state index is -0.151. The highest BCUT2D eigenvalue weighted by Crippen LogP contribution is 2.37. The largest absolute Gasteiger partial charge is 0.493 e. The number of rotatable bonds is 10. The van der Waals surface area contributed by atoms with Gasteiger partial charge in [-0.15, -0.1) is 11.8 Å². The number of benzene rings is 3. The molecular formula is C24H21BrCl2N2O3S. The van der Waals surface area contributed by atoms with E-state index in [1.54, 1.807) is 43.3 Å². The Labute approximate surface area is 215 Å². The summed E-state index contributed by atoms with van der Waals surface area (Å²) in [7, 11) is 1.56. The van der Waals surface area contributed by atoms with Crippen LogP contribution in [0.3, 0.4) is 0 Å². The topological polar surface area (TPSA) is 59.9 Å². The van der Waals surface area contributed by atoms with Crippen LogP contribution < -0.4 is 14.9 Å². The highest BCUT2D eigenvalue weighted by Gasteiger charge is 2.12. The van der Waals surface area contributed by atoms with Gasteiger partial charge in [0.2, 0.25) is 5.91 Å². The van der Waals surface area contributed by atoms with Crippen molar-refractivity contribution in [3.63, 3.8) is 0 Å². The van der Waals surface area contributed by atoms with Gasteiger partial charge in [-0.3, -0.25) is 4.79 Å². The van der Waals surface area contributed by atoms with Gasteiger partial charge in [0.15, 0.2) is 11.5 Å². The molecule has 0 spiro atoms. The second kappa shape index (κ2) is 12.9. The van der Waals surface area contributed by atoms with Crippen molar-refractivity contribution in [2.45, 2.75) is 17.9 Å². The first kappa shape index (κ1) is 25.4. The van der Waals surface area contributed by atoms with Gasteiger partial charge in [0, 0.05) is 17.1 Å². The average molecular weight is 568 g/mol. The van der Waals surface area contributed by atoms with E-state index >= 15 is 0 Å². The highest BCUT2D eigenvalue weighted by atomic mass is 79.9. The monoisotopic (exact) mass is 566 g/mol.